The van der Waals surface area contributed by atoms with E-state index in [1.807, 2.05) is 55.5 Å². The first-order valence-electron chi connectivity index (χ1n) is 14.0. The number of benzene rings is 2. The fraction of sp³-hybridized carbons (Fsp3) is 0.452. The van der Waals surface area contributed by atoms with Gasteiger partial charge in [0.15, 0.2) is 0 Å². The molecule has 2 aromatic carbocycles. The molecule has 7 nitrogen and oxygen atoms in total. The summed E-state index contributed by atoms with van der Waals surface area (Å²) in [6.07, 6.45) is 8.98. The van der Waals surface area contributed by atoms with Crippen molar-refractivity contribution in [1.29, 1.82) is 0 Å². The van der Waals surface area contributed by atoms with E-state index in [0.717, 1.165) is 36.8 Å². The Hall–Kier alpha value is -3.16. The lowest BCUT2D eigenvalue weighted by atomic mass is 9.74. The van der Waals surface area contributed by atoms with Crippen molar-refractivity contribution < 1.29 is 19.1 Å². The van der Waals surface area contributed by atoms with Gasteiger partial charge in [-0.2, -0.15) is 0 Å². The molecule has 5 atom stereocenters. The average molecular weight is 548 g/mol. The Kier molecular flexibility index (Phi) is 6.98. The number of carbonyl (C=O) groups excluding carboxylic acids is 3. The molecule has 5 unspecified atom stereocenters. The van der Waals surface area contributed by atoms with Gasteiger partial charge in [0.05, 0.1) is 17.9 Å². The maximum absolute atomic E-state index is 14.1. The van der Waals surface area contributed by atoms with E-state index in [2.05, 4.69) is 10.6 Å². The van der Waals surface area contributed by atoms with Gasteiger partial charge in [-0.1, -0.05) is 79.4 Å². The minimum absolute atomic E-state index is 0.0979. The number of hydrogen-bond donors (Lipinski definition) is 2. The summed E-state index contributed by atoms with van der Waals surface area (Å²) < 4.78 is 6.45. The summed E-state index contributed by atoms with van der Waals surface area (Å²) in [4.78, 5) is 43.3. The first-order valence-corrected chi connectivity index (χ1v) is 14.3. The summed E-state index contributed by atoms with van der Waals surface area (Å²) >= 11 is 6.28. The molecule has 0 aromatic heterocycles. The summed E-state index contributed by atoms with van der Waals surface area (Å²) in [5.74, 6) is -2.22. The van der Waals surface area contributed by atoms with E-state index in [4.69, 9.17) is 16.3 Å². The molecule has 1 spiro atoms. The van der Waals surface area contributed by atoms with Crippen LogP contribution in [0.1, 0.15) is 43.2 Å². The van der Waals surface area contributed by atoms with Gasteiger partial charge >= 0.3 is 0 Å². The topological polar surface area (TPSA) is 87.7 Å². The predicted molar refractivity (Wildman–Crippen MR) is 149 cm³/mol. The largest absolute Gasteiger partial charge is 0.359 e. The smallest absolute Gasteiger partial charge is 0.246 e. The van der Waals surface area contributed by atoms with Crippen LogP contribution in [0.2, 0.25) is 5.02 Å². The van der Waals surface area contributed by atoms with E-state index >= 15 is 0 Å². The molecular weight excluding hydrogens is 514 g/mol. The Morgan fingerprint density at radius 2 is 1.85 bits per heavy atom. The number of aryl methyl sites for hydroxylation is 1. The third kappa shape index (κ3) is 4.66. The van der Waals surface area contributed by atoms with Crippen molar-refractivity contribution in [2.75, 3.05) is 11.9 Å². The lowest BCUT2D eigenvalue weighted by molar-refractivity contribution is -0.141. The number of anilines is 1. The number of fused-ring (bicyclic) bond motifs is 1. The normalized spacial score (nSPS) is 29.5. The van der Waals surface area contributed by atoms with Crippen molar-refractivity contribution in [1.82, 2.24) is 10.2 Å². The van der Waals surface area contributed by atoms with Gasteiger partial charge in [0.2, 0.25) is 17.7 Å². The molecule has 3 amide bonds. The number of likely N-dealkylation sites (tertiary alicyclic amines) is 1. The predicted octanol–water partition coefficient (Wildman–Crippen LogP) is 4.43. The highest BCUT2D eigenvalue weighted by atomic mass is 35.5. The molecule has 2 aromatic rings. The van der Waals surface area contributed by atoms with Gasteiger partial charge in [-0.15, -0.1) is 0 Å². The first-order chi connectivity index (χ1) is 18.9. The third-order valence-corrected chi connectivity index (χ3v) is 9.21. The highest BCUT2D eigenvalue weighted by molar-refractivity contribution is 6.31. The van der Waals surface area contributed by atoms with Crippen LogP contribution in [0.4, 0.5) is 5.69 Å². The van der Waals surface area contributed by atoms with Crippen LogP contribution in [0.15, 0.2) is 60.7 Å². The molecule has 2 bridgehead atoms. The molecule has 204 valence electrons. The number of nitrogens with one attached hydrogen (secondary N) is 2. The number of halogens is 1. The van der Waals surface area contributed by atoms with E-state index in [9.17, 15) is 14.4 Å². The summed E-state index contributed by atoms with van der Waals surface area (Å²) in [5, 5.41) is 6.73. The standard InChI is InChI=1S/C31H34ClN3O4/c1-19-12-13-22(18-23(19)32)34-28(36)25-24-14-16-31(39-24)26(25)30(38)35(17-15-20-8-4-2-5-9-20)27(31)29(37)33-21-10-6-3-7-11-21/h2,4-5,8-9,12-14,16,18,21,24-27H,3,6-7,10-11,15,17H2,1H3,(H,33,37)(H,34,36). The molecule has 1 saturated carbocycles. The first kappa shape index (κ1) is 26.1. The molecule has 2 N–H and O–H groups in total. The number of carbonyl (C=O) groups is 3. The second kappa shape index (κ2) is 10.4. The van der Waals surface area contributed by atoms with Crippen molar-refractivity contribution in [2.24, 2.45) is 11.8 Å². The third-order valence-electron chi connectivity index (χ3n) is 8.80. The molecule has 39 heavy (non-hydrogen) atoms. The molecule has 0 radical (unpaired) electrons. The Labute approximate surface area is 233 Å². The average Bonchev–Trinajstić information content (AvgIpc) is 3.58. The number of nitrogens with zero attached hydrogens (tertiary/aromatic N) is 1. The highest BCUT2D eigenvalue weighted by Gasteiger charge is 2.72. The Morgan fingerprint density at radius 3 is 2.59 bits per heavy atom. The second-order valence-corrected chi connectivity index (χ2v) is 11.7. The van der Waals surface area contributed by atoms with Gasteiger partial charge in [0, 0.05) is 23.3 Å². The molecule has 3 heterocycles. The summed E-state index contributed by atoms with van der Waals surface area (Å²) in [5.41, 5.74) is 1.39. The molecule has 2 saturated heterocycles. The minimum Gasteiger partial charge on any atom is -0.359 e. The number of rotatable bonds is 7. The molecule has 3 aliphatic heterocycles. The SMILES string of the molecule is Cc1ccc(NC(=O)C2C3C=CC4(O3)C2C(=O)N(CCc2ccccc2)C4C(=O)NC2CCCCC2)cc1Cl. The zero-order valence-corrected chi connectivity index (χ0v) is 22.8. The van der Waals surface area contributed by atoms with Crippen molar-refractivity contribution in [3.63, 3.8) is 0 Å². The van der Waals surface area contributed by atoms with Crippen LogP contribution in [-0.4, -0.2) is 53.0 Å². The number of amides is 3. The van der Waals surface area contributed by atoms with Crippen LogP contribution in [0.3, 0.4) is 0 Å². The summed E-state index contributed by atoms with van der Waals surface area (Å²) in [6.45, 7) is 2.26. The monoisotopic (exact) mass is 547 g/mol. The lowest BCUT2D eigenvalue weighted by Crippen LogP contribution is -2.56. The van der Waals surface area contributed by atoms with Crippen molar-refractivity contribution >= 4 is 35.0 Å². The van der Waals surface area contributed by atoms with Crippen molar-refractivity contribution in [3.8, 4) is 0 Å². The maximum Gasteiger partial charge on any atom is 0.246 e. The zero-order valence-electron chi connectivity index (χ0n) is 22.1. The van der Waals surface area contributed by atoms with E-state index in [0.29, 0.717) is 23.7 Å². The van der Waals surface area contributed by atoms with E-state index in [1.165, 1.54) is 6.42 Å². The molecule has 3 fully saturated rings. The van der Waals surface area contributed by atoms with Crippen LogP contribution < -0.4 is 10.6 Å². The molecule has 8 heteroatoms. The van der Waals surface area contributed by atoms with Crippen molar-refractivity contribution in [2.45, 2.75) is 69.2 Å². The van der Waals surface area contributed by atoms with Crippen LogP contribution >= 0.6 is 11.6 Å². The highest BCUT2D eigenvalue weighted by Crippen LogP contribution is 2.55. The van der Waals surface area contributed by atoms with E-state index in [1.54, 1.807) is 17.0 Å². The fourth-order valence-electron chi connectivity index (χ4n) is 6.83. The van der Waals surface area contributed by atoms with Gasteiger partial charge in [-0.25, -0.2) is 0 Å². The van der Waals surface area contributed by atoms with Crippen LogP contribution in [0, 0.1) is 18.8 Å². The Balaban J connectivity index is 1.29. The van der Waals surface area contributed by atoms with Crippen LogP contribution in [0.5, 0.6) is 0 Å². The molecule has 4 aliphatic rings. The molecular formula is C31H34ClN3O4. The Morgan fingerprint density at radius 1 is 1.08 bits per heavy atom. The van der Waals surface area contributed by atoms with E-state index < -0.39 is 29.6 Å². The minimum atomic E-state index is -1.16. The summed E-state index contributed by atoms with van der Waals surface area (Å²) in [6, 6.07) is 14.5. The fourth-order valence-corrected chi connectivity index (χ4v) is 7.01. The van der Waals surface area contributed by atoms with Crippen molar-refractivity contribution in [3.05, 3.63) is 76.8 Å². The lowest BCUT2D eigenvalue weighted by Gasteiger charge is -2.34. The molecule has 6 rings (SSSR count). The van der Waals surface area contributed by atoms with Gasteiger partial charge in [-0.3, -0.25) is 14.4 Å². The molecule has 1 aliphatic carbocycles. The Bertz CT molecular complexity index is 1310. The second-order valence-electron chi connectivity index (χ2n) is 11.3. The van der Waals surface area contributed by atoms with Gasteiger partial charge in [-0.05, 0) is 49.4 Å². The van der Waals surface area contributed by atoms with Gasteiger partial charge < -0.3 is 20.3 Å². The van der Waals surface area contributed by atoms with Gasteiger partial charge in [0.1, 0.15) is 11.6 Å². The zero-order chi connectivity index (χ0) is 27.1. The van der Waals surface area contributed by atoms with Crippen LogP contribution in [0.25, 0.3) is 0 Å². The van der Waals surface area contributed by atoms with Gasteiger partial charge in [0.25, 0.3) is 0 Å². The maximum atomic E-state index is 14.1. The van der Waals surface area contributed by atoms with Crippen LogP contribution in [-0.2, 0) is 25.5 Å². The number of ether oxygens (including phenoxy) is 1. The summed E-state index contributed by atoms with van der Waals surface area (Å²) in [7, 11) is 0. The number of hydrogen-bond acceptors (Lipinski definition) is 4. The van der Waals surface area contributed by atoms with E-state index in [-0.39, 0.29) is 23.8 Å². The quantitative estimate of drug-likeness (QED) is 0.502.